The highest BCUT2D eigenvalue weighted by atomic mass is 16.5. The Morgan fingerprint density at radius 3 is 2.71 bits per heavy atom. The van der Waals surface area contributed by atoms with Crippen molar-refractivity contribution < 1.29 is 4.52 Å². The summed E-state index contributed by atoms with van der Waals surface area (Å²) in [7, 11) is 0. The van der Waals surface area contributed by atoms with E-state index in [4.69, 9.17) is 9.51 Å². The van der Waals surface area contributed by atoms with E-state index in [1.165, 1.54) is 18.5 Å². The maximum atomic E-state index is 5.52. The van der Waals surface area contributed by atoms with Gasteiger partial charge in [0.2, 0.25) is 5.95 Å². The third kappa shape index (κ3) is 4.61. The van der Waals surface area contributed by atoms with Crippen molar-refractivity contribution in [3.63, 3.8) is 0 Å². The van der Waals surface area contributed by atoms with Crippen LogP contribution in [0.5, 0.6) is 0 Å². The zero-order valence-corrected chi connectivity index (χ0v) is 18.7. The van der Waals surface area contributed by atoms with Gasteiger partial charge in [-0.05, 0) is 31.3 Å². The Morgan fingerprint density at radius 2 is 1.88 bits per heavy atom. The van der Waals surface area contributed by atoms with Gasteiger partial charge in [-0.3, -0.25) is 5.10 Å². The molecule has 8 heteroatoms. The Balaban J connectivity index is 1.23. The first-order valence-corrected chi connectivity index (χ1v) is 11.6. The van der Waals surface area contributed by atoms with Crippen LogP contribution >= 0.6 is 0 Å². The monoisotopic (exact) mass is 451 g/mol. The van der Waals surface area contributed by atoms with E-state index >= 15 is 0 Å². The Hall–Kier alpha value is -4.20. The molecule has 4 aromatic rings. The summed E-state index contributed by atoms with van der Waals surface area (Å²) in [6, 6.07) is 15.9. The number of aromatic nitrogens is 5. The second-order valence-electron chi connectivity index (χ2n) is 8.61. The fourth-order valence-electron chi connectivity index (χ4n) is 3.98. The predicted octanol–water partition coefficient (Wildman–Crippen LogP) is 5.82. The van der Waals surface area contributed by atoms with Crippen LogP contribution in [0.2, 0.25) is 0 Å². The van der Waals surface area contributed by atoms with Crippen LogP contribution in [0.15, 0.2) is 71.3 Å². The smallest absolute Gasteiger partial charge is 0.225 e. The number of rotatable bonds is 8. The lowest BCUT2D eigenvalue weighted by molar-refractivity contribution is 0.390. The van der Waals surface area contributed by atoms with E-state index in [9.17, 15) is 0 Å². The molecule has 0 unspecified atom stereocenters. The fraction of sp³-hybridized carbons (Fsp3) is 0.231. The fourth-order valence-corrected chi connectivity index (χ4v) is 3.98. The highest BCUT2D eigenvalue weighted by Crippen LogP contribution is 2.39. The Morgan fingerprint density at radius 1 is 0.971 bits per heavy atom. The highest BCUT2D eigenvalue weighted by Gasteiger charge is 2.25. The van der Waals surface area contributed by atoms with Gasteiger partial charge in [0.25, 0.3) is 0 Å². The van der Waals surface area contributed by atoms with Gasteiger partial charge in [-0.25, -0.2) is 4.98 Å². The maximum Gasteiger partial charge on any atom is 0.225 e. The number of H-pyrrole nitrogens is 1. The molecule has 1 aromatic carbocycles. The minimum absolute atomic E-state index is 0.422. The molecule has 0 saturated heterocycles. The number of hydrogen-bond donors (Lipinski definition) is 3. The average molecular weight is 452 g/mol. The molecule has 0 spiro atoms. The van der Waals surface area contributed by atoms with Crippen LogP contribution in [0.1, 0.15) is 48.7 Å². The first-order chi connectivity index (χ1) is 16.8. The van der Waals surface area contributed by atoms with E-state index < -0.39 is 0 Å². The predicted molar refractivity (Wildman–Crippen MR) is 131 cm³/mol. The molecule has 3 aromatic heterocycles. The molecule has 8 nitrogen and oxygen atoms in total. The minimum Gasteiger partial charge on any atom is -0.359 e. The SMILES string of the molecule is C1=CC(c2cc(Nc3cc(C4CC4)[nH]n3)nc(NCc3cc(-c4ccccc4)no3)n2)=CCC1. The first-order valence-electron chi connectivity index (χ1n) is 11.6. The molecule has 0 bridgehead atoms. The number of hydrogen-bond acceptors (Lipinski definition) is 7. The second-order valence-corrected chi connectivity index (χ2v) is 8.61. The Bertz CT molecular complexity index is 1350. The molecular formula is C26H25N7O. The molecule has 34 heavy (non-hydrogen) atoms. The molecule has 6 rings (SSSR count). The lowest BCUT2D eigenvalue weighted by Gasteiger charge is -2.11. The van der Waals surface area contributed by atoms with E-state index in [1.807, 2.05) is 42.5 Å². The summed E-state index contributed by atoms with van der Waals surface area (Å²) in [5.74, 6) is 3.27. The van der Waals surface area contributed by atoms with Crippen molar-refractivity contribution in [3.05, 3.63) is 83.9 Å². The number of anilines is 3. The number of aromatic amines is 1. The summed E-state index contributed by atoms with van der Waals surface area (Å²) >= 11 is 0. The quantitative estimate of drug-likeness (QED) is 0.310. The molecule has 0 radical (unpaired) electrons. The molecule has 0 amide bonds. The zero-order valence-electron chi connectivity index (χ0n) is 18.7. The molecule has 170 valence electrons. The lowest BCUT2D eigenvalue weighted by atomic mass is 10.0. The molecular weight excluding hydrogens is 426 g/mol. The molecule has 2 aliphatic carbocycles. The van der Waals surface area contributed by atoms with Gasteiger partial charge in [-0.15, -0.1) is 0 Å². The first kappa shape index (κ1) is 20.4. The lowest BCUT2D eigenvalue weighted by Crippen LogP contribution is -2.07. The van der Waals surface area contributed by atoms with Gasteiger partial charge in [0.15, 0.2) is 11.6 Å². The topological polar surface area (TPSA) is 105 Å². The van der Waals surface area contributed by atoms with Crippen molar-refractivity contribution in [2.24, 2.45) is 0 Å². The van der Waals surface area contributed by atoms with E-state index in [0.29, 0.717) is 30.0 Å². The van der Waals surface area contributed by atoms with Crippen molar-refractivity contribution in [3.8, 4) is 11.3 Å². The van der Waals surface area contributed by atoms with Crippen molar-refractivity contribution in [2.45, 2.75) is 38.1 Å². The second kappa shape index (κ2) is 8.97. The van der Waals surface area contributed by atoms with Crippen LogP contribution in [0.4, 0.5) is 17.6 Å². The standard InChI is InChI=1S/C26H25N7O/c1-3-7-17(8-4-1)21-14-24(29-25-15-22(31-32-25)19-11-12-19)30-26(28-21)27-16-20-13-23(33-34-20)18-9-5-2-6-10-18/h2-3,5-10,13-15,19H,1,4,11-12,16H2,(H3,27,28,29,30,31,32). The van der Waals surface area contributed by atoms with Crippen LogP contribution in [0.3, 0.4) is 0 Å². The van der Waals surface area contributed by atoms with Crippen molar-refractivity contribution >= 4 is 23.2 Å². The van der Waals surface area contributed by atoms with Gasteiger partial charge < -0.3 is 15.2 Å². The van der Waals surface area contributed by atoms with Crippen molar-refractivity contribution in [1.82, 2.24) is 25.3 Å². The Kier molecular flexibility index (Phi) is 5.39. The molecule has 3 heterocycles. The van der Waals surface area contributed by atoms with Crippen LogP contribution in [0.25, 0.3) is 16.8 Å². The van der Waals surface area contributed by atoms with Gasteiger partial charge in [-0.1, -0.05) is 53.7 Å². The van der Waals surface area contributed by atoms with Gasteiger partial charge >= 0.3 is 0 Å². The van der Waals surface area contributed by atoms with E-state index in [0.717, 1.165) is 41.2 Å². The van der Waals surface area contributed by atoms with Gasteiger partial charge in [0.05, 0.1) is 12.2 Å². The summed E-state index contributed by atoms with van der Waals surface area (Å²) in [5.41, 5.74) is 4.94. The van der Waals surface area contributed by atoms with Crippen molar-refractivity contribution in [2.75, 3.05) is 10.6 Å². The summed E-state index contributed by atoms with van der Waals surface area (Å²) in [4.78, 5) is 9.42. The third-order valence-electron chi connectivity index (χ3n) is 5.94. The van der Waals surface area contributed by atoms with E-state index in [-0.39, 0.29) is 0 Å². The molecule has 0 aliphatic heterocycles. The van der Waals surface area contributed by atoms with E-state index in [1.54, 1.807) is 0 Å². The number of nitrogens with one attached hydrogen (secondary N) is 3. The minimum atomic E-state index is 0.422. The van der Waals surface area contributed by atoms with Crippen LogP contribution in [-0.4, -0.2) is 25.3 Å². The highest BCUT2D eigenvalue weighted by molar-refractivity contribution is 5.75. The summed E-state index contributed by atoms with van der Waals surface area (Å²) < 4.78 is 5.52. The summed E-state index contributed by atoms with van der Waals surface area (Å²) in [6.07, 6.45) is 11.0. The van der Waals surface area contributed by atoms with Gasteiger partial charge in [0.1, 0.15) is 11.5 Å². The van der Waals surface area contributed by atoms with Crippen LogP contribution < -0.4 is 10.6 Å². The molecule has 1 saturated carbocycles. The van der Waals surface area contributed by atoms with Gasteiger partial charge in [0, 0.05) is 35.4 Å². The maximum absolute atomic E-state index is 5.52. The number of benzene rings is 1. The van der Waals surface area contributed by atoms with E-state index in [2.05, 4.69) is 55.3 Å². The van der Waals surface area contributed by atoms with Crippen molar-refractivity contribution in [1.29, 1.82) is 0 Å². The third-order valence-corrected chi connectivity index (χ3v) is 5.94. The largest absolute Gasteiger partial charge is 0.359 e. The molecule has 1 fully saturated rings. The molecule has 3 N–H and O–H groups in total. The normalized spacial score (nSPS) is 15.2. The Labute approximate surface area is 197 Å². The zero-order chi connectivity index (χ0) is 22.7. The summed E-state index contributed by atoms with van der Waals surface area (Å²) in [6.45, 7) is 0.422. The summed E-state index contributed by atoms with van der Waals surface area (Å²) in [5, 5.41) is 18.3. The number of allylic oxidation sites excluding steroid dienone is 4. The average Bonchev–Trinajstić information content (AvgIpc) is 3.44. The molecule has 2 aliphatic rings. The number of nitrogens with zero attached hydrogens (tertiary/aromatic N) is 4. The van der Waals surface area contributed by atoms with Gasteiger partial charge in [-0.2, -0.15) is 10.1 Å². The van der Waals surface area contributed by atoms with Crippen LogP contribution in [-0.2, 0) is 6.54 Å². The van der Waals surface area contributed by atoms with Crippen LogP contribution in [0, 0.1) is 0 Å². The molecule has 0 atom stereocenters.